The molecule has 2 aliphatic rings. The van der Waals surface area contributed by atoms with E-state index in [9.17, 15) is 4.79 Å². The Labute approximate surface area is 130 Å². The molecular weight excluding hydrogens is 274 g/mol. The van der Waals surface area contributed by atoms with Crippen molar-refractivity contribution in [3.8, 4) is 11.3 Å². The molecule has 0 spiro atoms. The van der Waals surface area contributed by atoms with Gasteiger partial charge in [0.2, 0.25) is 5.91 Å². The van der Waals surface area contributed by atoms with Gasteiger partial charge in [-0.25, -0.2) is 0 Å². The van der Waals surface area contributed by atoms with Crippen molar-refractivity contribution in [2.45, 2.75) is 32.1 Å². The molecule has 1 aliphatic heterocycles. The van der Waals surface area contributed by atoms with Gasteiger partial charge in [-0.05, 0) is 32.1 Å². The Balaban J connectivity index is 1.60. The summed E-state index contributed by atoms with van der Waals surface area (Å²) in [4.78, 5) is 14.7. The monoisotopic (exact) mass is 295 g/mol. The number of carbonyl (C=O) groups excluding carboxylic acids is 1. The summed E-state index contributed by atoms with van der Waals surface area (Å²) >= 11 is 0. The maximum atomic E-state index is 12.7. The first kappa shape index (κ1) is 13.6. The number of H-pyrrole nitrogens is 1. The van der Waals surface area contributed by atoms with E-state index in [-0.39, 0.29) is 5.92 Å². The van der Waals surface area contributed by atoms with Crippen LogP contribution >= 0.6 is 0 Å². The van der Waals surface area contributed by atoms with Crippen LogP contribution in [0.4, 0.5) is 0 Å². The second-order valence-corrected chi connectivity index (χ2v) is 6.37. The molecule has 1 aromatic carbocycles. The fourth-order valence-electron chi connectivity index (χ4n) is 3.74. The van der Waals surface area contributed by atoms with Gasteiger partial charge in [-0.3, -0.25) is 9.89 Å². The summed E-state index contributed by atoms with van der Waals surface area (Å²) < 4.78 is 0. The van der Waals surface area contributed by atoms with Crippen molar-refractivity contribution in [1.29, 1.82) is 0 Å². The van der Waals surface area contributed by atoms with Gasteiger partial charge >= 0.3 is 0 Å². The molecule has 1 fully saturated rings. The SMILES string of the molecule is O=C([C@H]1CCc2[nH]nc(-c3ccccc3)c2C1)N1CCCC1. The number of fused-ring (bicyclic) bond motifs is 1. The number of aromatic amines is 1. The van der Waals surface area contributed by atoms with Crippen LogP contribution in [0.5, 0.6) is 0 Å². The van der Waals surface area contributed by atoms with E-state index in [0.717, 1.165) is 56.5 Å². The Bertz CT molecular complexity index is 671. The predicted octanol–water partition coefficient (Wildman–Crippen LogP) is 2.80. The van der Waals surface area contributed by atoms with E-state index in [1.54, 1.807) is 0 Å². The van der Waals surface area contributed by atoms with E-state index in [0.29, 0.717) is 5.91 Å². The molecule has 2 aromatic rings. The lowest BCUT2D eigenvalue weighted by molar-refractivity contribution is -0.134. The van der Waals surface area contributed by atoms with Crippen molar-refractivity contribution in [2.75, 3.05) is 13.1 Å². The lowest BCUT2D eigenvalue weighted by Crippen LogP contribution is -2.36. The molecule has 1 atom stereocenters. The van der Waals surface area contributed by atoms with Crippen molar-refractivity contribution >= 4 is 5.91 Å². The van der Waals surface area contributed by atoms with Crippen molar-refractivity contribution in [3.63, 3.8) is 0 Å². The zero-order valence-corrected chi connectivity index (χ0v) is 12.7. The smallest absolute Gasteiger partial charge is 0.226 e. The summed E-state index contributed by atoms with van der Waals surface area (Å²) in [5, 5.41) is 7.69. The highest BCUT2D eigenvalue weighted by atomic mass is 16.2. The van der Waals surface area contributed by atoms with E-state index in [1.165, 1.54) is 11.3 Å². The van der Waals surface area contributed by atoms with Gasteiger partial charge in [0.1, 0.15) is 0 Å². The number of aromatic nitrogens is 2. The third kappa shape index (κ3) is 2.32. The van der Waals surface area contributed by atoms with Crippen LogP contribution in [0.3, 0.4) is 0 Å². The highest BCUT2D eigenvalue weighted by Gasteiger charge is 2.32. The number of nitrogens with one attached hydrogen (secondary N) is 1. The van der Waals surface area contributed by atoms with Gasteiger partial charge in [0.15, 0.2) is 0 Å². The van der Waals surface area contributed by atoms with E-state index >= 15 is 0 Å². The molecule has 0 radical (unpaired) electrons. The zero-order valence-electron chi connectivity index (χ0n) is 12.7. The number of likely N-dealkylation sites (tertiary alicyclic amines) is 1. The Hall–Kier alpha value is -2.10. The second-order valence-electron chi connectivity index (χ2n) is 6.37. The molecule has 2 heterocycles. The van der Waals surface area contributed by atoms with Gasteiger partial charge < -0.3 is 4.90 Å². The quantitative estimate of drug-likeness (QED) is 0.926. The minimum absolute atomic E-state index is 0.130. The van der Waals surface area contributed by atoms with Crippen molar-refractivity contribution < 1.29 is 4.79 Å². The Morgan fingerprint density at radius 2 is 1.95 bits per heavy atom. The normalized spacial score (nSPS) is 20.9. The molecule has 114 valence electrons. The molecule has 1 aromatic heterocycles. The number of benzene rings is 1. The number of rotatable bonds is 2. The predicted molar refractivity (Wildman–Crippen MR) is 85.4 cm³/mol. The van der Waals surface area contributed by atoms with Gasteiger partial charge in [0.25, 0.3) is 0 Å². The molecule has 0 bridgehead atoms. The van der Waals surface area contributed by atoms with Crippen LogP contribution in [0.15, 0.2) is 30.3 Å². The van der Waals surface area contributed by atoms with Crippen molar-refractivity contribution in [3.05, 3.63) is 41.6 Å². The Kier molecular flexibility index (Phi) is 3.45. The maximum Gasteiger partial charge on any atom is 0.226 e. The molecule has 22 heavy (non-hydrogen) atoms. The summed E-state index contributed by atoms with van der Waals surface area (Å²) in [5.74, 6) is 0.481. The zero-order chi connectivity index (χ0) is 14.9. The molecule has 1 aliphatic carbocycles. The van der Waals surface area contributed by atoms with Crippen molar-refractivity contribution in [1.82, 2.24) is 15.1 Å². The maximum absolute atomic E-state index is 12.7. The molecule has 4 nitrogen and oxygen atoms in total. The third-order valence-corrected chi connectivity index (χ3v) is 4.96. The molecular formula is C18H21N3O. The minimum Gasteiger partial charge on any atom is -0.342 e. The highest BCUT2D eigenvalue weighted by molar-refractivity contribution is 5.80. The molecule has 1 amide bonds. The topological polar surface area (TPSA) is 49.0 Å². The average Bonchev–Trinajstić information content (AvgIpc) is 3.24. The molecule has 1 N–H and O–H groups in total. The first-order valence-corrected chi connectivity index (χ1v) is 8.23. The number of nitrogens with zero attached hydrogens (tertiary/aromatic N) is 2. The van der Waals surface area contributed by atoms with Gasteiger partial charge in [0.05, 0.1) is 5.69 Å². The first-order chi connectivity index (χ1) is 10.8. The summed E-state index contributed by atoms with van der Waals surface area (Å²) in [6.45, 7) is 1.89. The fraction of sp³-hybridized carbons (Fsp3) is 0.444. The van der Waals surface area contributed by atoms with Crippen LogP contribution in [-0.4, -0.2) is 34.1 Å². The lowest BCUT2D eigenvalue weighted by atomic mass is 9.84. The Morgan fingerprint density at radius 3 is 2.73 bits per heavy atom. The lowest BCUT2D eigenvalue weighted by Gasteiger charge is -2.26. The summed E-state index contributed by atoms with van der Waals surface area (Å²) in [6, 6.07) is 10.3. The van der Waals surface area contributed by atoms with Crippen LogP contribution in [-0.2, 0) is 17.6 Å². The standard InChI is InChI=1S/C18H21N3O/c22-18(21-10-4-5-11-21)14-8-9-16-15(12-14)17(20-19-16)13-6-2-1-3-7-13/h1-3,6-7,14H,4-5,8-12H2,(H,19,20)/t14-/m0/s1. The van der Waals surface area contributed by atoms with Crippen LogP contribution in [0.25, 0.3) is 11.3 Å². The van der Waals surface area contributed by atoms with Gasteiger partial charge in [-0.2, -0.15) is 5.10 Å². The van der Waals surface area contributed by atoms with Gasteiger partial charge in [0, 0.05) is 35.8 Å². The van der Waals surface area contributed by atoms with Crippen LogP contribution in [0.1, 0.15) is 30.5 Å². The third-order valence-electron chi connectivity index (χ3n) is 4.96. The minimum atomic E-state index is 0.130. The second kappa shape index (κ2) is 5.59. The summed E-state index contributed by atoms with van der Waals surface area (Å²) in [6.07, 6.45) is 5.01. The molecule has 1 saturated heterocycles. The largest absolute Gasteiger partial charge is 0.342 e. The molecule has 0 saturated carbocycles. The van der Waals surface area contributed by atoms with E-state index in [2.05, 4.69) is 27.2 Å². The van der Waals surface area contributed by atoms with Gasteiger partial charge in [-0.15, -0.1) is 0 Å². The van der Waals surface area contributed by atoms with Crippen LogP contribution in [0, 0.1) is 5.92 Å². The number of carbonyl (C=O) groups is 1. The molecule has 4 heteroatoms. The number of aryl methyl sites for hydroxylation is 1. The Morgan fingerprint density at radius 1 is 1.18 bits per heavy atom. The van der Waals surface area contributed by atoms with E-state index in [1.807, 2.05) is 18.2 Å². The summed E-state index contributed by atoms with van der Waals surface area (Å²) in [5.41, 5.74) is 4.61. The number of hydrogen-bond donors (Lipinski definition) is 1. The van der Waals surface area contributed by atoms with Crippen molar-refractivity contribution in [2.24, 2.45) is 5.92 Å². The van der Waals surface area contributed by atoms with E-state index < -0.39 is 0 Å². The van der Waals surface area contributed by atoms with Crippen LogP contribution in [0.2, 0.25) is 0 Å². The molecule has 0 unspecified atom stereocenters. The van der Waals surface area contributed by atoms with E-state index in [4.69, 9.17) is 0 Å². The summed E-state index contributed by atoms with van der Waals surface area (Å²) in [7, 11) is 0. The van der Waals surface area contributed by atoms with Crippen LogP contribution < -0.4 is 0 Å². The molecule has 4 rings (SSSR count). The average molecular weight is 295 g/mol. The number of hydrogen-bond acceptors (Lipinski definition) is 2. The highest BCUT2D eigenvalue weighted by Crippen LogP contribution is 2.33. The fourth-order valence-corrected chi connectivity index (χ4v) is 3.74. The number of amides is 1. The first-order valence-electron chi connectivity index (χ1n) is 8.23. The van der Waals surface area contributed by atoms with Gasteiger partial charge in [-0.1, -0.05) is 30.3 Å².